The first-order valence-electron chi connectivity index (χ1n) is 7.72. The second-order valence-corrected chi connectivity index (χ2v) is 5.83. The van der Waals surface area contributed by atoms with E-state index in [1.807, 2.05) is 0 Å². The van der Waals surface area contributed by atoms with Crippen molar-refractivity contribution in [3.8, 4) is 0 Å². The number of hydrogen-bond acceptors (Lipinski definition) is 3. The van der Waals surface area contributed by atoms with Gasteiger partial charge < -0.3 is 14.5 Å². The molecule has 0 radical (unpaired) electrons. The lowest BCUT2D eigenvalue weighted by Gasteiger charge is -2.32. The van der Waals surface area contributed by atoms with E-state index in [9.17, 15) is 4.79 Å². The highest BCUT2D eigenvalue weighted by molar-refractivity contribution is 5.93. The van der Waals surface area contributed by atoms with Gasteiger partial charge in [-0.3, -0.25) is 4.79 Å². The molecule has 1 aliphatic rings. The van der Waals surface area contributed by atoms with Crippen LogP contribution in [-0.2, 0) is 4.74 Å². The van der Waals surface area contributed by atoms with E-state index in [0.717, 1.165) is 19.4 Å². The van der Waals surface area contributed by atoms with E-state index in [4.69, 9.17) is 9.15 Å². The van der Waals surface area contributed by atoms with Crippen LogP contribution in [0.4, 0.5) is 0 Å². The van der Waals surface area contributed by atoms with Gasteiger partial charge in [0.2, 0.25) is 0 Å². The van der Waals surface area contributed by atoms with Gasteiger partial charge in [0.15, 0.2) is 0 Å². The fourth-order valence-electron chi connectivity index (χ4n) is 2.90. The summed E-state index contributed by atoms with van der Waals surface area (Å²) in [5, 5.41) is 2.99. The predicted molar refractivity (Wildman–Crippen MR) is 83.6 cm³/mol. The smallest absolute Gasteiger partial charge is 0.254 e. The summed E-state index contributed by atoms with van der Waals surface area (Å²) in [6.45, 7) is 3.47. The summed E-state index contributed by atoms with van der Waals surface area (Å²) in [6.07, 6.45) is 5.12. The predicted octanol–water partition coefficient (Wildman–Crippen LogP) is 3.49. The van der Waals surface area contributed by atoms with Crippen molar-refractivity contribution in [1.29, 1.82) is 0 Å². The first kappa shape index (κ1) is 14.9. The number of aryl methyl sites for hydroxylation is 1. The molecule has 3 rings (SSSR count). The van der Waals surface area contributed by atoms with Gasteiger partial charge in [-0.15, -0.1) is 0 Å². The monoisotopic (exact) mass is 299 g/mol. The Bertz CT molecular complexity index is 604. The largest absolute Gasteiger partial charge is 0.472 e. The molecule has 0 spiro atoms. The average molecular weight is 299 g/mol. The molecule has 2 aromatic rings. The highest BCUT2D eigenvalue weighted by Gasteiger charge is 2.27. The maximum absolute atomic E-state index is 12.0. The Labute approximate surface area is 130 Å². The summed E-state index contributed by atoms with van der Waals surface area (Å²) in [7, 11) is 0. The van der Waals surface area contributed by atoms with Crippen molar-refractivity contribution in [2.24, 2.45) is 5.92 Å². The fourth-order valence-corrected chi connectivity index (χ4v) is 2.90. The molecule has 1 amide bonds. The Hall–Kier alpha value is -2.07. The third-order valence-electron chi connectivity index (χ3n) is 4.16. The molecule has 1 aliphatic heterocycles. The fraction of sp³-hybridized carbons (Fsp3) is 0.389. The lowest BCUT2D eigenvalue weighted by molar-refractivity contribution is -0.0272. The lowest BCUT2D eigenvalue weighted by Crippen LogP contribution is -2.35. The Balaban J connectivity index is 1.65. The minimum atomic E-state index is -0.0954. The second-order valence-electron chi connectivity index (χ2n) is 5.83. The zero-order chi connectivity index (χ0) is 15.4. The third kappa shape index (κ3) is 3.39. The molecule has 1 N–H and O–H groups in total. The molecule has 4 heteroatoms. The van der Waals surface area contributed by atoms with Crippen molar-refractivity contribution in [2.45, 2.75) is 25.9 Å². The molecule has 1 saturated heterocycles. The van der Waals surface area contributed by atoms with Gasteiger partial charge >= 0.3 is 0 Å². The Morgan fingerprint density at radius 2 is 2.09 bits per heavy atom. The minimum Gasteiger partial charge on any atom is -0.472 e. The van der Waals surface area contributed by atoms with Crippen molar-refractivity contribution < 1.29 is 13.9 Å². The van der Waals surface area contributed by atoms with Gasteiger partial charge in [-0.05, 0) is 31.4 Å². The van der Waals surface area contributed by atoms with Gasteiger partial charge in [-0.2, -0.15) is 0 Å². The van der Waals surface area contributed by atoms with Crippen LogP contribution < -0.4 is 5.32 Å². The van der Waals surface area contributed by atoms with Crippen LogP contribution in [0.1, 0.15) is 40.4 Å². The number of carbonyl (C=O) groups excluding carboxylic acids is 1. The molecule has 4 nitrogen and oxygen atoms in total. The van der Waals surface area contributed by atoms with E-state index < -0.39 is 0 Å². The van der Waals surface area contributed by atoms with Crippen LogP contribution >= 0.6 is 0 Å². The van der Waals surface area contributed by atoms with E-state index in [1.54, 1.807) is 6.07 Å². The van der Waals surface area contributed by atoms with E-state index >= 15 is 0 Å². The van der Waals surface area contributed by atoms with E-state index in [-0.39, 0.29) is 12.0 Å². The first-order chi connectivity index (χ1) is 10.7. The lowest BCUT2D eigenvalue weighted by atomic mass is 9.89. The number of amides is 1. The molecular weight excluding hydrogens is 278 g/mol. The average Bonchev–Trinajstić information content (AvgIpc) is 3.08. The SMILES string of the molecule is Cc1ccc([C@H]2OCCC[C@@H]2CNC(=O)c2ccoc2)cc1. The molecule has 0 saturated carbocycles. The van der Waals surface area contributed by atoms with Crippen molar-refractivity contribution >= 4 is 5.91 Å². The molecule has 0 aliphatic carbocycles. The van der Waals surface area contributed by atoms with Crippen LogP contribution in [0.25, 0.3) is 0 Å². The van der Waals surface area contributed by atoms with Crippen molar-refractivity contribution in [3.05, 3.63) is 59.5 Å². The molecule has 1 aromatic carbocycles. The van der Waals surface area contributed by atoms with Crippen LogP contribution in [0, 0.1) is 12.8 Å². The number of ether oxygens (including phenoxy) is 1. The topological polar surface area (TPSA) is 51.5 Å². The number of carbonyl (C=O) groups is 1. The number of furan rings is 1. The Morgan fingerprint density at radius 3 is 2.82 bits per heavy atom. The van der Waals surface area contributed by atoms with E-state index in [2.05, 4.69) is 36.5 Å². The van der Waals surface area contributed by atoms with Crippen molar-refractivity contribution in [1.82, 2.24) is 5.32 Å². The quantitative estimate of drug-likeness (QED) is 0.940. The van der Waals surface area contributed by atoms with Gasteiger partial charge in [0.1, 0.15) is 6.26 Å². The van der Waals surface area contributed by atoms with Crippen molar-refractivity contribution in [3.63, 3.8) is 0 Å². The molecule has 1 aromatic heterocycles. The number of hydrogen-bond donors (Lipinski definition) is 1. The standard InChI is InChI=1S/C18H21NO3/c1-13-4-6-14(7-5-13)17-15(3-2-9-22-17)11-19-18(20)16-8-10-21-12-16/h4-8,10,12,15,17H,2-3,9,11H2,1H3,(H,19,20)/t15-,17-/m1/s1. The highest BCUT2D eigenvalue weighted by Crippen LogP contribution is 2.33. The van der Waals surface area contributed by atoms with Crippen LogP contribution in [0.15, 0.2) is 47.3 Å². The Morgan fingerprint density at radius 1 is 1.27 bits per heavy atom. The summed E-state index contributed by atoms with van der Waals surface area (Å²) < 4.78 is 10.9. The molecule has 1 fully saturated rings. The van der Waals surface area contributed by atoms with Crippen LogP contribution in [0.3, 0.4) is 0 Å². The molecule has 22 heavy (non-hydrogen) atoms. The number of nitrogens with one attached hydrogen (secondary N) is 1. The number of benzene rings is 1. The van der Waals surface area contributed by atoms with E-state index in [0.29, 0.717) is 18.0 Å². The second kappa shape index (κ2) is 6.79. The highest BCUT2D eigenvalue weighted by atomic mass is 16.5. The zero-order valence-electron chi connectivity index (χ0n) is 12.7. The van der Waals surface area contributed by atoms with Gasteiger partial charge in [0.05, 0.1) is 17.9 Å². The molecular formula is C18H21NO3. The van der Waals surface area contributed by atoms with Crippen molar-refractivity contribution in [2.75, 3.05) is 13.2 Å². The molecule has 0 unspecified atom stereocenters. The Kier molecular flexibility index (Phi) is 4.59. The van der Waals surface area contributed by atoms with Gasteiger partial charge in [0, 0.05) is 19.1 Å². The van der Waals surface area contributed by atoms with Crippen LogP contribution in [0.5, 0.6) is 0 Å². The summed E-state index contributed by atoms with van der Waals surface area (Å²) in [6, 6.07) is 10.1. The summed E-state index contributed by atoms with van der Waals surface area (Å²) >= 11 is 0. The molecule has 0 bridgehead atoms. The number of rotatable bonds is 4. The summed E-state index contributed by atoms with van der Waals surface area (Å²) in [5.41, 5.74) is 2.99. The van der Waals surface area contributed by atoms with Gasteiger partial charge in [0.25, 0.3) is 5.91 Å². The molecule has 2 atom stereocenters. The summed E-state index contributed by atoms with van der Waals surface area (Å²) in [4.78, 5) is 12.0. The van der Waals surface area contributed by atoms with Crippen LogP contribution in [-0.4, -0.2) is 19.1 Å². The minimum absolute atomic E-state index is 0.0546. The van der Waals surface area contributed by atoms with Crippen LogP contribution in [0.2, 0.25) is 0 Å². The molecule has 116 valence electrons. The summed E-state index contributed by atoms with van der Waals surface area (Å²) in [5.74, 6) is 0.203. The normalized spacial score (nSPS) is 21.5. The maximum atomic E-state index is 12.0. The molecule has 2 heterocycles. The first-order valence-corrected chi connectivity index (χ1v) is 7.72. The van der Waals surface area contributed by atoms with Gasteiger partial charge in [-0.1, -0.05) is 29.8 Å². The zero-order valence-corrected chi connectivity index (χ0v) is 12.7. The maximum Gasteiger partial charge on any atom is 0.254 e. The van der Waals surface area contributed by atoms with E-state index in [1.165, 1.54) is 23.7 Å². The third-order valence-corrected chi connectivity index (χ3v) is 4.16. The van der Waals surface area contributed by atoms with Gasteiger partial charge in [-0.25, -0.2) is 0 Å².